The fourth-order valence-electron chi connectivity index (χ4n) is 1.70. The van der Waals surface area contributed by atoms with Crippen LogP contribution in [0.25, 0.3) is 0 Å². The molecule has 0 atom stereocenters. The molecule has 96 valence electrons. The maximum absolute atomic E-state index is 5.54. The van der Waals surface area contributed by atoms with Gasteiger partial charge in [0.25, 0.3) is 0 Å². The third-order valence-electron chi connectivity index (χ3n) is 2.78. The fraction of sp³-hybridized carbons (Fsp3) is 0.364. The Kier molecular flexibility index (Phi) is 3.31. The summed E-state index contributed by atoms with van der Waals surface area (Å²) in [6, 6.07) is 0. The number of hydrogen-bond acceptors (Lipinski definition) is 6. The minimum atomic E-state index is 0.141. The third kappa shape index (κ3) is 2.68. The monoisotopic (exact) mass is 247 g/mol. The average Bonchev–Trinajstić information content (AvgIpc) is 2.70. The number of anilines is 3. The second-order valence-electron chi connectivity index (χ2n) is 4.19. The van der Waals surface area contributed by atoms with E-state index in [9.17, 15) is 0 Å². The van der Waals surface area contributed by atoms with Crippen molar-refractivity contribution < 1.29 is 0 Å². The van der Waals surface area contributed by atoms with Gasteiger partial charge in [0.15, 0.2) is 0 Å². The predicted octanol–water partition coefficient (Wildman–Crippen LogP) is 0.351. The van der Waals surface area contributed by atoms with E-state index in [0.29, 0.717) is 5.95 Å². The van der Waals surface area contributed by atoms with Gasteiger partial charge in [0, 0.05) is 26.0 Å². The number of hydrogen-bond donors (Lipinski definition) is 3. The first-order valence-electron chi connectivity index (χ1n) is 5.66. The summed E-state index contributed by atoms with van der Waals surface area (Å²) in [5, 5.41) is 0. The van der Waals surface area contributed by atoms with E-state index in [1.165, 1.54) is 11.1 Å². The molecule has 0 spiro atoms. The van der Waals surface area contributed by atoms with Crippen molar-refractivity contribution in [3.8, 4) is 0 Å². The van der Waals surface area contributed by atoms with Gasteiger partial charge < -0.3 is 21.4 Å². The van der Waals surface area contributed by atoms with Crippen LogP contribution in [0.4, 0.5) is 17.8 Å². The maximum atomic E-state index is 5.54. The molecule has 0 aromatic carbocycles. The van der Waals surface area contributed by atoms with Crippen LogP contribution in [-0.4, -0.2) is 33.5 Å². The Morgan fingerprint density at radius 2 is 1.83 bits per heavy atom. The highest BCUT2D eigenvalue weighted by Gasteiger charge is 2.08. The molecule has 2 aromatic rings. The number of nitrogens with zero attached hydrogens (tertiary/aromatic N) is 4. The van der Waals surface area contributed by atoms with Crippen LogP contribution in [0.1, 0.15) is 11.1 Å². The van der Waals surface area contributed by atoms with Crippen LogP contribution in [0.15, 0.2) is 12.4 Å². The molecule has 0 aliphatic rings. The molecular formula is C11H17N7. The van der Waals surface area contributed by atoms with Gasteiger partial charge in [-0.05, 0) is 24.5 Å². The van der Waals surface area contributed by atoms with Crippen LogP contribution in [0.2, 0.25) is 0 Å². The summed E-state index contributed by atoms with van der Waals surface area (Å²) >= 11 is 0. The minimum absolute atomic E-state index is 0.141. The summed E-state index contributed by atoms with van der Waals surface area (Å²) in [5.41, 5.74) is 13.6. The largest absolute Gasteiger partial charge is 0.368 e. The molecule has 7 heteroatoms. The van der Waals surface area contributed by atoms with Gasteiger partial charge in [-0.25, -0.2) is 0 Å². The Hall–Kier alpha value is -2.31. The quantitative estimate of drug-likeness (QED) is 0.719. The molecule has 7 nitrogen and oxygen atoms in total. The number of H-pyrrole nitrogens is 1. The highest BCUT2D eigenvalue weighted by Crippen LogP contribution is 2.11. The summed E-state index contributed by atoms with van der Waals surface area (Å²) in [7, 11) is 1.90. The normalized spacial score (nSPS) is 10.6. The fourth-order valence-corrected chi connectivity index (χ4v) is 1.70. The number of nitrogens with one attached hydrogen (secondary N) is 1. The highest BCUT2D eigenvalue weighted by molar-refractivity contribution is 5.39. The second-order valence-corrected chi connectivity index (χ2v) is 4.19. The van der Waals surface area contributed by atoms with Crippen LogP contribution in [0.3, 0.4) is 0 Å². The lowest BCUT2D eigenvalue weighted by Crippen LogP contribution is -2.24. The van der Waals surface area contributed by atoms with Crippen molar-refractivity contribution in [2.75, 3.05) is 30.0 Å². The number of likely N-dealkylation sites (N-methyl/N-ethyl adjacent to an activating group) is 1. The van der Waals surface area contributed by atoms with Gasteiger partial charge in [-0.2, -0.15) is 15.0 Å². The Morgan fingerprint density at radius 1 is 1.17 bits per heavy atom. The van der Waals surface area contributed by atoms with Crippen LogP contribution < -0.4 is 16.4 Å². The molecule has 0 fully saturated rings. The molecule has 0 saturated heterocycles. The molecule has 2 heterocycles. The van der Waals surface area contributed by atoms with E-state index in [2.05, 4.69) is 26.9 Å². The van der Waals surface area contributed by atoms with E-state index in [0.717, 1.165) is 13.0 Å². The van der Waals surface area contributed by atoms with Crippen molar-refractivity contribution in [3.05, 3.63) is 23.5 Å². The van der Waals surface area contributed by atoms with Gasteiger partial charge in [-0.1, -0.05) is 0 Å². The topological polar surface area (TPSA) is 110 Å². The highest BCUT2D eigenvalue weighted by atomic mass is 15.3. The number of aryl methyl sites for hydroxylation is 1. The minimum Gasteiger partial charge on any atom is -0.368 e. The zero-order valence-corrected chi connectivity index (χ0v) is 10.5. The lowest BCUT2D eigenvalue weighted by molar-refractivity contribution is 0.831. The Balaban J connectivity index is 2.03. The van der Waals surface area contributed by atoms with E-state index >= 15 is 0 Å². The van der Waals surface area contributed by atoms with Crippen LogP contribution in [0, 0.1) is 6.92 Å². The van der Waals surface area contributed by atoms with Crippen molar-refractivity contribution in [1.29, 1.82) is 0 Å². The number of nitrogen functional groups attached to an aromatic ring is 2. The van der Waals surface area contributed by atoms with Gasteiger partial charge in [0.1, 0.15) is 0 Å². The summed E-state index contributed by atoms with van der Waals surface area (Å²) in [6.07, 6.45) is 4.88. The first-order valence-corrected chi connectivity index (χ1v) is 5.66. The van der Waals surface area contributed by atoms with Crippen LogP contribution >= 0.6 is 0 Å². The van der Waals surface area contributed by atoms with Gasteiger partial charge in [-0.15, -0.1) is 0 Å². The zero-order valence-electron chi connectivity index (χ0n) is 10.5. The molecule has 2 rings (SSSR count). The molecule has 5 N–H and O–H groups in total. The molecule has 0 aliphatic heterocycles. The molecule has 2 aromatic heterocycles. The van der Waals surface area contributed by atoms with Crippen molar-refractivity contribution in [2.24, 2.45) is 0 Å². The van der Waals surface area contributed by atoms with Gasteiger partial charge in [0.05, 0.1) is 0 Å². The number of aromatic nitrogens is 4. The Morgan fingerprint density at radius 3 is 2.39 bits per heavy atom. The third-order valence-corrected chi connectivity index (χ3v) is 2.78. The molecule has 0 bridgehead atoms. The number of rotatable bonds is 4. The molecular weight excluding hydrogens is 230 g/mol. The lowest BCUT2D eigenvalue weighted by atomic mass is 10.1. The van der Waals surface area contributed by atoms with Gasteiger partial charge in [0.2, 0.25) is 17.8 Å². The molecule has 0 amide bonds. The lowest BCUT2D eigenvalue weighted by Gasteiger charge is -2.16. The predicted molar refractivity (Wildman–Crippen MR) is 71.2 cm³/mol. The summed E-state index contributed by atoms with van der Waals surface area (Å²) in [6.45, 7) is 2.85. The molecule has 0 saturated carbocycles. The smallest absolute Gasteiger partial charge is 0.231 e. The SMILES string of the molecule is Cc1c[nH]cc1CCN(C)c1nc(N)nc(N)n1. The molecule has 0 aliphatic carbocycles. The van der Waals surface area contributed by atoms with Gasteiger partial charge in [-0.3, -0.25) is 0 Å². The van der Waals surface area contributed by atoms with E-state index < -0.39 is 0 Å². The first kappa shape index (κ1) is 12.2. The molecule has 18 heavy (non-hydrogen) atoms. The first-order chi connectivity index (χ1) is 8.56. The van der Waals surface area contributed by atoms with E-state index in [4.69, 9.17) is 11.5 Å². The number of nitrogens with two attached hydrogens (primary N) is 2. The number of aromatic amines is 1. The summed E-state index contributed by atoms with van der Waals surface area (Å²) in [5.74, 6) is 0.775. The van der Waals surface area contributed by atoms with Crippen LogP contribution in [-0.2, 0) is 6.42 Å². The summed E-state index contributed by atoms with van der Waals surface area (Å²) in [4.78, 5) is 16.8. The van der Waals surface area contributed by atoms with Crippen molar-refractivity contribution in [1.82, 2.24) is 19.9 Å². The van der Waals surface area contributed by atoms with Crippen molar-refractivity contribution >= 4 is 17.8 Å². The van der Waals surface area contributed by atoms with Crippen molar-refractivity contribution in [2.45, 2.75) is 13.3 Å². The molecule has 0 unspecified atom stereocenters. The second kappa shape index (κ2) is 4.91. The maximum Gasteiger partial charge on any atom is 0.231 e. The van der Waals surface area contributed by atoms with Crippen LogP contribution in [0.5, 0.6) is 0 Å². The average molecular weight is 247 g/mol. The standard InChI is InChI=1S/C11H17N7/c1-7-5-14-6-8(7)3-4-18(2)11-16-9(12)15-10(13)17-11/h5-6,14H,3-4H2,1-2H3,(H4,12,13,15,16,17). The Bertz CT molecular complexity index is 514. The Labute approximate surface area is 105 Å². The molecule has 0 radical (unpaired) electrons. The van der Waals surface area contributed by atoms with Gasteiger partial charge >= 0.3 is 0 Å². The van der Waals surface area contributed by atoms with E-state index in [1.54, 1.807) is 0 Å². The van der Waals surface area contributed by atoms with E-state index in [-0.39, 0.29) is 11.9 Å². The zero-order chi connectivity index (χ0) is 13.1. The summed E-state index contributed by atoms with van der Waals surface area (Å²) < 4.78 is 0. The van der Waals surface area contributed by atoms with E-state index in [1.807, 2.05) is 24.3 Å². The van der Waals surface area contributed by atoms with Crippen molar-refractivity contribution in [3.63, 3.8) is 0 Å².